The van der Waals surface area contributed by atoms with Crippen LogP contribution in [0.3, 0.4) is 0 Å². The molecule has 1 fully saturated rings. The van der Waals surface area contributed by atoms with Gasteiger partial charge in [0, 0.05) is 23.2 Å². The van der Waals surface area contributed by atoms with Gasteiger partial charge in [0.1, 0.15) is 16.7 Å². The number of ether oxygens (including phenoxy) is 2. The maximum absolute atomic E-state index is 6.11. The Morgan fingerprint density at radius 3 is 2.20 bits per heavy atom. The Labute approximate surface area is 122 Å². The Morgan fingerprint density at radius 1 is 1.00 bits per heavy atom. The molecule has 0 aliphatic heterocycles. The van der Waals surface area contributed by atoms with Gasteiger partial charge in [0.15, 0.2) is 5.82 Å². The quantitative estimate of drug-likeness (QED) is 0.806. The van der Waals surface area contributed by atoms with Crippen LogP contribution in [0.15, 0.2) is 24.3 Å². The minimum absolute atomic E-state index is 0.471. The molecule has 20 heavy (non-hydrogen) atoms. The van der Waals surface area contributed by atoms with Crippen molar-refractivity contribution >= 4 is 11.6 Å². The molecule has 0 bridgehead atoms. The van der Waals surface area contributed by atoms with Gasteiger partial charge in [-0.1, -0.05) is 11.6 Å². The number of nitrogens with zero attached hydrogens (tertiary/aromatic N) is 2. The summed E-state index contributed by atoms with van der Waals surface area (Å²) in [7, 11) is 3.24. The van der Waals surface area contributed by atoms with E-state index < -0.39 is 0 Å². The molecule has 5 heteroatoms. The number of aromatic nitrogens is 2. The molecular weight excluding hydrogens is 276 g/mol. The zero-order valence-electron chi connectivity index (χ0n) is 11.4. The smallest absolute Gasteiger partial charge is 0.161 e. The van der Waals surface area contributed by atoms with Crippen LogP contribution in [0, 0.1) is 0 Å². The van der Waals surface area contributed by atoms with Gasteiger partial charge in [-0.2, -0.15) is 0 Å². The lowest BCUT2D eigenvalue weighted by molar-refractivity contribution is 0.394. The number of hydrogen-bond acceptors (Lipinski definition) is 4. The largest absolute Gasteiger partial charge is 0.497 e. The summed E-state index contributed by atoms with van der Waals surface area (Å²) >= 11 is 6.11. The van der Waals surface area contributed by atoms with Crippen LogP contribution in [0.25, 0.3) is 11.4 Å². The molecule has 1 aliphatic rings. The fourth-order valence-corrected chi connectivity index (χ4v) is 2.28. The van der Waals surface area contributed by atoms with E-state index >= 15 is 0 Å². The summed E-state index contributed by atoms with van der Waals surface area (Å²) in [4.78, 5) is 8.92. The number of methoxy groups -OCH3 is 2. The Balaban J connectivity index is 2.07. The molecule has 1 aromatic carbocycles. The van der Waals surface area contributed by atoms with Gasteiger partial charge in [0.25, 0.3) is 0 Å². The van der Waals surface area contributed by atoms with E-state index in [2.05, 4.69) is 9.97 Å². The highest BCUT2D eigenvalue weighted by Crippen LogP contribution is 2.40. The predicted molar refractivity (Wildman–Crippen MR) is 77.6 cm³/mol. The summed E-state index contributed by atoms with van der Waals surface area (Å²) < 4.78 is 10.5. The highest BCUT2D eigenvalue weighted by molar-refractivity contribution is 6.29. The van der Waals surface area contributed by atoms with Crippen LogP contribution < -0.4 is 9.47 Å². The Bertz CT molecular complexity index is 620. The van der Waals surface area contributed by atoms with Gasteiger partial charge in [-0.05, 0) is 31.0 Å². The minimum atomic E-state index is 0.471. The van der Waals surface area contributed by atoms with Crippen molar-refractivity contribution in [1.82, 2.24) is 9.97 Å². The molecule has 1 heterocycles. The van der Waals surface area contributed by atoms with E-state index in [1.807, 2.05) is 24.3 Å². The number of benzene rings is 1. The van der Waals surface area contributed by atoms with Gasteiger partial charge in [0.05, 0.1) is 14.2 Å². The third-order valence-electron chi connectivity index (χ3n) is 3.32. The van der Waals surface area contributed by atoms with Crippen LogP contribution >= 0.6 is 11.6 Å². The van der Waals surface area contributed by atoms with Crippen LogP contribution in [-0.2, 0) is 0 Å². The fraction of sp³-hybridized carbons (Fsp3) is 0.333. The third kappa shape index (κ3) is 2.70. The average molecular weight is 291 g/mol. The molecule has 104 valence electrons. The van der Waals surface area contributed by atoms with Crippen LogP contribution in [0.1, 0.15) is 24.5 Å². The number of hydrogen-bond donors (Lipinski definition) is 0. The molecule has 0 N–H and O–H groups in total. The Morgan fingerprint density at radius 2 is 1.65 bits per heavy atom. The summed E-state index contributed by atoms with van der Waals surface area (Å²) in [5.41, 5.74) is 1.85. The zero-order chi connectivity index (χ0) is 14.1. The molecule has 1 aliphatic carbocycles. The van der Waals surface area contributed by atoms with Gasteiger partial charge in [-0.15, -0.1) is 0 Å². The summed E-state index contributed by atoms with van der Waals surface area (Å²) in [6.07, 6.45) is 2.35. The first-order valence-electron chi connectivity index (χ1n) is 6.47. The maximum atomic E-state index is 6.11. The zero-order valence-corrected chi connectivity index (χ0v) is 12.1. The van der Waals surface area contributed by atoms with Crippen molar-refractivity contribution in [2.45, 2.75) is 18.8 Å². The molecule has 0 amide bonds. The Hall–Kier alpha value is -1.81. The molecule has 3 rings (SSSR count). The van der Waals surface area contributed by atoms with Crippen molar-refractivity contribution in [1.29, 1.82) is 0 Å². The van der Waals surface area contributed by atoms with Crippen molar-refractivity contribution in [2.75, 3.05) is 14.2 Å². The lowest BCUT2D eigenvalue weighted by atomic mass is 10.1. The third-order valence-corrected chi connectivity index (χ3v) is 3.51. The van der Waals surface area contributed by atoms with Crippen molar-refractivity contribution in [3.8, 4) is 22.9 Å². The summed E-state index contributed by atoms with van der Waals surface area (Å²) in [5.74, 6) is 2.55. The molecule has 0 unspecified atom stereocenters. The average Bonchev–Trinajstić information content (AvgIpc) is 3.30. The first-order chi connectivity index (χ1) is 9.69. The van der Waals surface area contributed by atoms with Gasteiger partial charge in [0.2, 0.25) is 0 Å². The molecule has 0 saturated heterocycles. The Kier molecular flexibility index (Phi) is 3.49. The van der Waals surface area contributed by atoms with E-state index in [0.29, 0.717) is 28.4 Å². The van der Waals surface area contributed by atoms with Gasteiger partial charge in [-0.25, -0.2) is 9.97 Å². The highest BCUT2D eigenvalue weighted by Gasteiger charge is 2.26. The van der Waals surface area contributed by atoms with E-state index in [9.17, 15) is 0 Å². The SMILES string of the molecule is COc1cc(OC)cc(-c2nc(Cl)cc(C3CC3)n2)c1. The maximum Gasteiger partial charge on any atom is 0.161 e. The molecule has 0 atom stereocenters. The van der Waals surface area contributed by atoms with Crippen LogP contribution in [0.4, 0.5) is 0 Å². The summed E-state index contributed by atoms with van der Waals surface area (Å²) in [6, 6.07) is 7.42. The molecule has 1 saturated carbocycles. The molecule has 2 aromatic rings. The van der Waals surface area contributed by atoms with E-state index in [-0.39, 0.29) is 0 Å². The van der Waals surface area contributed by atoms with Crippen LogP contribution in [0.5, 0.6) is 11.5 Å². The predicted octanol–water partition coefficient (Wildman–Crippen LogP) is 3.69. The van der Waals surface area contributed by atoms with E-state index in [0.717, 1.165) is 11.3 Å². The second-order valence-corrected chi connectivity index (χ2v) is 5.20. The monoisotopic (exact) mass is 290 g/mol. The van der Waals surface area contributed by atoms with E-state index in [1.54, 1.807) is 14.2 Å². The van der Waals surface area contributed by atoms with Crippen molar-refractivity contribution in [2.24, 2.45) is 0 Å². The van der Waals surface area contributed by atoms with Crippen LogP contribution in [-0.4, -0.2) is 24.2 Å². The summed E-state index contributed by atoms with van der Waals surface area (Å²) in [6.45, 7) is 0. The normalized spacial score (nSPS) is 14.2. The molecule has 0 radical (unpaired) electrons. The van der Waals surface area contributed by atoms with Crippen molar-refractivity contribution < 1.29 is 9.47 Å². The van der Waals surface area contributed by atoms with Crippen molar-refractivity contribution in [3.05, 3.63) is 35.1 Å². The van der Waals surface area contributed by atoms with Crippen molar-refractivity contribution in [3.63, 3.8) is 0 Å². The van der Waals surface area contributed by atoms with Gasteiger partial charge < -0.3 is 9.47 Å². The lowest BCUT2D eigenvalue weighted by Gasteiger charge is -2.09. The number of rotatable bonds is 4. The first kappa shape index (κ1) is 13.2. The van der Waals surface area contributed by atoms with E-state index in [1.165, 1.54) is 12.8 Å². The first-order valence-corrected chi connectivity index (χ1v) is 6.85. The van der Waals surface area contributed by atoms with Crippen LogP contribution in [0.2, 0.25) is 5.15 Å². The summed E-state index contributed by atoms with van der Waals surface area (Å²) in [5, 5.41) is 0.471. The molecule has 0 spiro atoms. The second kappa shape index (κ2) is 5.29. The molecule has 1 aromatic heterocycles. The minimum Gasteiger partial charge on any atom is -0.497 e. The standard InChI is InChI=1S/C15H15ClN2O2/c1-19-11-5-10(6-12(7-11)20-2)15-17-13(9-3-4-9)8-14(16)18-15/h5-9H,3-4H2,1-2H3. The lowest BCUT2D eigenvalue weighted by Crippen LogP contribution is -1.96. The number of halogens is 1. The highest BCUT2D eigenvalue weighted by atomic mass is 35.5. The fourth-order valence-electron chi connectivity index (χ4n) is 2.09. The molecular formula is C15H15ClN2O2. The topological polar surface area (TPSA) is 44.2 Å². The van der Waals surface area contributed by atoms with Gasteiger partial charge >= 0.3 is 0 Å². The second-order valence-electron chi connectivity index (χ2n) is 4.81. The molecule has 4 nitrogen and oxygen atoms in total. The van der Waals surface area contributed by atoms with E-state index in [4.69, 9.17) is 21.1 Å². The van der Waals surface area contributed by atoms with Gasteiger partial charge in [-0.3, -0.25) is 0 Å².